The third-order valence-corrected chi connectivity index (χ3v) is 3.93. The highest BCUT2D eigenvalue weighted by Gasteiger charge is 2.29. The van der Waals surface area contributed by atoms with E-state index in [0.29, 0.717) is 13.0 Å². The monoisotopic (exact) mass is 285 g/mol. The maximum absolute atomic E-state index is 11.6. The van der Waals surface area contributed by atoms with Crippen molar-refractivity contribution in [2.24, 2.45) is 5.92 Å². The van der Waals surface area contributed by atoms with E-state index in [9.17, 15) is 14.7 Å². The van der Waals surface area contributed by atoms with Gasteiger partial charge in [-0.25, -0.2) is 0 Å². The molecule has 1 fully saturated rings. The molecule has 5 nitrogen and oxygen atoms in total. The molecular formula is C15H27NO4. The van der Waals surface area contributed by atoms with Crippen molar-refractivity contribution >= 4 is 11.9 Å². The summed E-state index contributed by atoms with van der Waals surface area (Å²) in [5.74, 6) is -0.885. The lowest BCUT2D eigenvalue weighted by atomic mass is 9.85. The minimum absolute atomic E-state index is 0.00748. The van der Waals surface area contributed by atoms with Crippen LogP contribution in [0.5, 0.6) is 0 Å². The Morgan fingerprint density at radius 1 is 1.25 bits per heavy atom. The van der Waals surface area contributed by atoms with Crippen LogP contribution >= 0.6 is 0 Å². The first-order chi connectivity index (χ1) is 9.58. The number of carbonyl (C=O) groups excluding carboxylic acids is 1. The number of carboxylic acid groups (broad SMARTS) is 1. The fourth-order valence-electron chi connectivity index (χ4n) is 2.73. The van der Waals surface area contributed by atoms with Crippen LogP contribution in [0, 0.1) is 5.92 Å². The molecule has 1 rings (SSSR count). The number of hydrogen-bond donors (Lipinski definition) is 2. The third-order valence-electron chi connectivity index (χ3n) is 3.93. The second kappa shape index (κ2) is 8.95. The number of unbranched alkanes of at least 4 members (excludes halogenated alkanes) is 1. The molecule has 0 saturated heterocycles. The highest BCUT2D eigenvalue weighted by Crippen LogP contribution is 2.26. The molecular weight excluding hydrogens is 258 g/mol. The maximum atomic E-state index is 11.6. The number of hydrogen-bond acceptors (Lipinski definition) is 4. The van der Waals surface area contributed by atoms with Crippen LogP contribution in [0.2, 0.25) is 0 Å². The van der Waals surface area contributed by atoms with Crippen LogP contribution < -0.4 is 5.32 Å². The molecule has 0 aromatic rings. The van der Waals surface area contributed by atoms with E-state index in [1.807, 2.05) is 6.92 Å². The zero-order chi connectivity index (χ0) is 15.0. The van der Waals surface area contributed by atoms with Gasteiger partial charge in [0, 0.05) is 6.04 Å². The normalized spacial score (nSPS) is 24.1. The first kappa shape index (κ1) is 17.0. The molecule has 2 N–H and O–H groups in total. The van der Waals surface area contributed by atoms with Crippen LogP contribution in [0.1, 0.15) is 58.8 Å². The van der Waals surface area contributed by atoms with Crippen molar-refractivity contribution in [1.82, 2.24) is 5.32 Å². The number of rotatable bonds is 8. The molecule has 0 amide bonds. The van der Waals surface area contributed by atoms with E-state index in [2.05, 4.69) is 12.2 Å². The molecule has 1 saturated carbocycles. The summed E-state index contributed by atoms with van der Waals surface area (Å²) in [5.41, 5.74) is 0. The predicted octanol–water partition coefficient (Wildman–Crippen LogP) is 2.34. The molecule has 5 heteroatoms. The molecule has 0 heterocycles. The number of esters is 1. The summed E-state index contributed by atoms with van der Waals surface area (Å²) in [6.45, 7) is 4.30. The van der Waals surface area contributed by atoms with Gasteiger partial charge in [-0.1, -0.05) is 19.8 Å². The molecule has 1 aliphatic rings. The fraction of sp³-hybridized carbons (Fsp3) is 0.867. The van der Waals surface area contributed by atoms with Crippen molar-refractivity contribution in [2.75, 3.05) is 6.61 Å². The van der Waals surface area contributed by atoms with Gasteiger partial charge in [-0.15, -0.1) is 0 Å². The smallest absolute Gasteiger partial charge is 0.320 e. The van der Waals surface area contributed by atoms with E-state index < -0.39 is 12.0 Å². The van der Waals surface area contributed by atoms with Crippen molar-refractivity contribution in [3.05, 3.63) is 0 Å². The number of carbonyl (C=O) groups is 2. The Kier molecular flexibility index (Phi) is 7.59. The number of ether oxygens (including phenoxy) is 1. The highest BCUT2D eigenvalue weighted by molar-refractivity contribution is 5.73. The van der Waals surface area contributed by atoms with Crippen LogP contribution in [0.15, 0.2) is 0 Å². The van der Waals surface area contributed by atoms with E-state index in [1.54, 1.807) is 0 Å². The molecule has 1 atom stereocenters. The first-order valence-corrected chi connectivity index (χ1v) is 7.73. The van der Waals surface area contributed by atoms with Crippen molar-refractivity contribution in [3.8, 4) is 0 Å². The standard InChI is InChI=1S/C15H27NO4/c1-3-5-6-13(14(17)18)16-12-9-7-11(8-10-12)15(19)20-4-2/h11-13,16H,3-10H2,1-2H3,(H,17,18). The van der Waals surface area contributed by atoms with Crippen LogP contribution in [-0.4, -0.2) is 35.7 Å². The van der Waals surface area contributed by atoms with Crippen LogP contribution in [0.4, 0.5) is 0 Å². The van der Waals surface area contributed by atoms with Crippen LogP contribution in [0.3, 0.4) is 0 Å². The molecule has 0 aliphatic heterocycles. The van der Waals surface area contributed by atoms with E-state index in [-0.39, 0.29) is 17.9 Å². The zero-order valence-corrected chi connectivity index (χ0v) is 12.6. The lowest BCUT2D eigenvalue weighted by Crippen LogP contribution is -2.45. The second-order valence-corrected chi connectivity index (χ2v) is 5.50. The second-order valence-electron chi connectivity index (χ2n) is 5.50. The largest absolute Gasteiger partial charge is 0.480 e. The Bertz CT molecular complexity index is 311. The molecule has 0 aromatic heterocycles. The Labute approximate surface area is 121 Å². The Morgan fingerprint density at radius 3 is 2.40 bits per heavy atom. The summed E-state index contributed by atoms with van der Waals surface area (Å²) in [4.78, 5) is 22.8. The molecule has 0 spiro atoms. The summed E-state index contributed by atoms with van der Waals surface area (Å²) in [6, 6.07) is -0.252. The SMILES string of the molecule is CCCCC(NC1CCC(C(=O)OCC)CC1)C(=O)O. The summed E-state index contributed by atoms with van der Waals surface area (Å²) in [5, 5.41) is 12.4. The van der Waals surface area contributed by atoms with Crippen molar-refractivity contribution in [1.29, 1.82) is 0 Å². The van der Waals surface area contributed by atoms with Crippen LogP contribution in [0.25, 0.3) is 0 Å². The van der Waals surface area contributed by atoms with Gasteiger partial charge in [0.05, 0.1) is 12.5 Å². The fourth-order valence-corrected chi connectivity index (χ4v) is 2.73. The van der Waals surface area contributed by atoms with Gasteiger partial charge in [0.1, 0.15) is 6.04 Å². The number of aliphatic carboxylic acids is 1. The van der Waals surface area contributed by atoms with Crippen molar-refractivity contribution in [2.45, 2.75) is 70.9 Å². The number of nitrogens with one attached hydrogen (secondary N) is 1. The summed E-state index contributed by atoms with van der Waals surface area (Å²) < 4.78 is 5.04. The van der Waals surface area contributed by atoms with E-state index in [1.165, 1.54) is 0 Å². The Hall–Kier alpha value is -1.10. The van der Waals surface area contributed by atoms with Gasteiger partial charge in [0.25, 0.3) is 0 Å². The highest BCUT2D eigenvalue weighted by atomic mass is 16.5. The lowest BCUT2D eigenvalue weighted by Gasteiger charge is -2.30. The Balaban J connectivity index is 2.36. The summed E-state index contributed by atoms with van der Waals surface area (Å²) >= 11 is 0. The minimum atomic E-state index is -0.772. The molecule has 116 valence electrons. The molecule has 1 unspecified atom stereocenters. The van der Waals surface area contributed by atoms with Gasteiger partial charge in [0.2, 0.25) is 0 Å². The first-order valence-electron chi connectivity index (χ1n) is 7.73. The molecule has 20 heavy (non-hydrogen) atoms. The number of carboxylic acids is 1. The van der Waals surface area contributed by atoms with Gasteiger partial charge < -0.3 is 15.2 Å². The summed E-state index contributed by atoms with van der Waals surface area (Å²) in [7, 11) is 0. The zero-order valence-electron chi connectivity index (χ0n) is 12.6. The van der Waals surface area contributed by atoms with Gasteiger partial charge in [-0.05, 0) is 39.0 Å². The topological polar surface area (TPSA) is 75.6 Å². The van der Waals surface area contributed by atoms with Crippen molar-refractivity contribution < 1.29 is 19.4 Å². The van der Waals surface area contributed by atoms with E-state index >= 15 is 0 Å². The van der Waals surface area contributed by atoms with Gasteiger partial charge in [-0.3, -0.25) is 9.59 Å². The average Bonchev–Trinajstić information content (AvgIpc) is 2.44. The molecule has 0 aromatic carbocycles. The molecule has 0 bridgehead atoms. The van der Waals surface area contributed by atoms with Crippen molar-refractivity contribution in [3.63, 3.8) is 0 Å². The van der Waals surface area contributed by atoms with E-state index in [0.717, 1.165) is 38.5 Å². The lowest BCUT2D eigenvalue weighted by molar-refractivity contribution is -0.149. The van der Waals surface area contributed by atoms with Gasteiger partial charge >= 0.3 is 11.9 Å². The minimum Gasteiger partial charge on any atom is -0.480 e. The maximum Gasteiger partial charge on any atom is 0.320 e. The third kappa shape index (κ3) is 5.49. The quantitative estimate of drug-likeness (QED) is 0.669. The van der Waals surface area contributed by atoms with E-state index in [4.69, 9.17) is 4.74 Å². The average molecular weight is 285 g/mol. The summed E-state index contributed by atoms with van der Waals surface area (Å²) in [6.07, 6.45) is 5.86. The van der Waals surface area contributed by atoms with Crippen LogP contribution in [-0.2, 0) is 14.3 Å². The Morgan fingerprint density at radius 2 is 1.90 bits per heavy atom. The predicted molar refractivity (Wildman–Crippen MR) is 76.5 cm³/mol. The van der Waals surface area contributed by atoms with Gasteiger partial charge in [-0.2, -0.15) is 0 Å². The molecule has 0 radical (unpaired) electrons. The molecule has 1 aliphatic carbocycles. The van der Waals surface area contributed by atoms with Gasteiger partial charge in [0.15, 0.2) is 0 Å².